The van der Waals surface area contributed by atoms with Gasteiger partial charge in [0.2, 0.25) is 0 Å². The number of nitrogens with two attached hydrogens (primary N) is 1. The van der Waals surface area contributed by atoms with Crippen LogP contribution in [0, 0.1) is 22.7 Å². The van der Waals surface area contributed by atoms with Crippen LogP contribution in [-0.4, -0.2) is 11.3 Å². The smallest absolute Gasteiger partial charge is 0.129 e. The number of hydrogen-bond acceptors (Lipinski definition) is 5. The molecule has 0 aromatic heterocycles. The van der Waals surface area contributed by atoms with E-state index < -0.39 is 0 Å². The molecule has 0 saturated carbocycles. The molecule has 0 atom stereocenters. The topological polar surface area (TPSA) is 106 Å². The number of allylic oxidation sites excluding steroid dienone is 12. The summed E-state index contributed by atoms with van der Waals surface area (Å²) in [5.74, 6) is 0.165. The lowest BCUT2D eigenvalue weighted by Crippen LogP contribution is -1.91. The van der Waals surface area contributed by atoms with Crippen molar-refractivity contribution in [2.75, 3.05) is 0 Å². The first-order valence-electron chi connectivity index (χ1n) is 8.29. The normalized spacial score (nSPS) is 12.6. The minimum atomic E-state index is 0.0622. The van der Waals surface area contributed by atoms with Crippen LogP contribution in [0.3, 0.4) is 0 Å². The third-order valence-electron chi connectivity index (χ3n) is 3.06. The van der Waals surface area contributed by atoms with Gasteiger partial charge in [0.05, 0.1) is 0 Å². The number of nitrogens with zero attached hydrogens (tertiary/aromatic N) is 3. The summed E-state index contributed by atoms with van der Waals surface area (Å²) in [5.41, 5.74) is 6.97. The molecular weight excluding hydrogens is 348 g/mol. The molecule has 0 unspecified atom stereocenters. The van der Waals surface area contributed by atoms with Crippen molar-refractivity contribution in [2.45, 2.75) is 0 Å². The Morgan fingerprint density at radius 3 is 2.07 bits per heavy atom. The van der Waals surface area contributed by atoms with E-state index in [1.54, 1.807) is 60.7 Å². The Labute approximate surface area is 165 Å². The Kier molecular flexibility index (Phi) is 10.8. The Bertz CT molecular complexity index is 943. The second kappa shape index (κ2) is 13.9. The van der Waals surface area contributed by atoms with Gasteiger partial charge >= 0.3 is 0 Å². The number of hydrogen-bond donors (Lipinski definition) is 2. The highest BCUT2D eigenvalue weighted by Crippen LogP contribution is 2.12. The standard InChI is InChI=1S/C23H20N4O/c24-16-20(17-25)12-8-6-4-2-1-3-5-7-9-14-22(26)19-27-18-21-13-10-11-15-23(21)28/h1-15,18-19,28H,26H2/b3-1+,4-2+,7-5+,8-6+,14-9+,22-19-,27-18?. The molecule has 0 amide bonds. The van der Waals surface area contributed by atoms with Crippen LogP contribution < -0.4 is 5.73 Å². The van der Waals surface area contributed by atoms with Gasteiger partial charge in [-0.15, -0.1) is 0 Å². The maximum absolute atomic E-state index is 9.62. The van der Waals surface area contributed by atoms with Crippen molar-refractivity contribution in [2.24, 2.45) is 10.7 Å². The minimum absolute atomic E-state index is 0.0622. The average Bonchev–Trinajstić information content (AvgIpc) is 2.70. The summed E-state index contributed by atoms with van der Waals surface area (Å²) in [6.45, 7) is 0. The Balaban J connectivity index is 2.41. The average molecular weight is 368 g/mol. The molecule has 1 rings (SSSR count). The second-order valence-corrected chi connectivity index (χ2v) is 5.17. The van der Waals surface area contributed by atoms with Crippen molar-refractivity contribution >= 4 is 6.21 Å². The Morgan fingerprint density at radius 2 is 1.46 bits per heavy atom. The molecule has 5 nitrogen and oxygen atoms in total. The summed E-state index contributed by atoms with van der Waals surface area (Å²) in [4.78, 5) is 4.07. The summed E-state index contributed by atoms with van der Waals surface area (Å²) in [6.07, 6.45) is 22.3. The van der Waals surface area contributed by atoms with E-state index in [1.807, 2.05) is 36.4 Å². The minimum Gasteiger partial charge on any atom is -0.507 e. The van der Waals surface area contributed by atoms with Gasteiger partial charge < -0.3 is 10.8 Å². The summed E-state index contributed by atoms with van der Waals surface area (Å²) in [5, 5.41) is 26.7. The molecule has 0 heterocycles. The third kappa shape index (κ3) is 9.83. The summed E-state index contributed by atoms with van der Waals surface area (Å²) in [6, 6.07) is 10.5. The molecule has 0 bridgehead atoms. The van der Waals surface area contributed by atoms with E-state index in [0.29, 0.717) is 11.3 Å². The maximum Gasteiger partial charge on any atom is 0.129 e. The molecule has 0 radical (unpaired) electrons. The zero-order valence-electron chi connectivity index (χ0n) is 15.2. The van der Waals surface area contributed by atoms with Crippen LogP contribution in [0.4, 0.5) is 0 Å². The molecule has 28 heavy (non-hydrogen) atoms. The number of benzene rings is 1. The van der Waals surface area contributed by atoms with Crippen molar-refractivity contribution in [1.82, 2.24) is 0 Å². The van der Waals surface area contributed by atoms with E-state index in [4.69, 9.17) is 16.3 Å². The van der Waals surface area contributed by atoms with Crippen LogP contribution >= 0.6 is 0 Å². The molecule has 0 spiro atoms. The maximum atomic E-state index is 9.62. The molecule has 0 fully saturated rings. The van der Waals surface area contributed by atoms with Crippen LogP contribution in [0.15, 0.2) is 114 Å². The van der Waals surface area contributed by atoms with E-state index in [0.717, 1.165) is 0 Å². The van der Waals surface area contributed by atoms with Gasteiger partial charge in [-0.25, -0.2) is 0 Å². The Hall–Kier alpha value is -4.35. The van der Waals surface area contributed by atoms with Crippen LogP contribution in [0.1, 0.15) is 5.56 Å². The highest BCUT2D eigenvalue weighted by molar-refractivity contribution is 5.83. The van der Waals surface area contributed by atoms with Crippen LogP contribution in [0.5, 0.6) is 5.75 Å². The van der Waals surface area contributed by atoms with Gasteiger partial charge in [0.15, 0.2) is 0 Å². The number of phenols is 1. The number of aromatic hydroxyl groups is 1. The van der Waals surface area contributed by atoms with Crippen molar-refractivity contribution < 1.29 is 5.11 Å². The van der Waals surface area contributed by atoms with E-state index in [9.17, 15) is 5.11 Å². The molecule has 1 aromatic carbocycles. The van der Waals surface area contributed by atoms with E-state index in [-0.39, 0.29) is 11.3 Å². The lowest BCUT2D eigenvalue weighted by Gasteiger charge is -1.95. The van der Waals surface area contributed by atoms with Crippen molar-refractivity contribution in [1.29, 1.82) is 10.5 Å². The van der Waals surface area contributed by atoms with Gasteiger partial charge in [0.25, 0.3) is 0 Å². The number of rotatable bonds is 8. The van der Waals surface area contributed by atoms with Crippen molar-refractivity contribution in [3.8, 4) is 17.9 Å². The first-order chi connectivity index (χ1) is 13.7. The number of para-hydroxylation sites is 1. The van der Waals surface area contributed by atoms with Gasteiger partial charge in [-0.2, -0.15) is 10.5 Å². The predicted molar refractivity (Wildman–Crippen MR) is 113 cm³/mol. The molecule has 0 saturated heterocycles. The zero-order chi connectivity index (χ0) is 20.5. The molecule has 3 N–H and O–H groups in total. The van der Waals surface area contributed by atoms with Crippen molar-refractivity contribution in [3.05, 3.63) is 114 Å². The molecule has 0 aliphatic rings. The summed E-state index contributed by atoms with van der Waals surface area (Å²) in [7, 11) is 0. The molecular formula is C23H20N4O. The van der Waals surface area contributed by atoms with Gasteiger partial charge in [0.1, 0.15) is 23.5 Å². The van der Waals surface area contributed by atoms with E-state index in [2.05, 4.69) is 4.99 Å². The first kappa shape index (κ1) is 21.7. The Morgan fingerprint density at radius 1 is 0.893 bits per heavy atom. The SMILES string of the molecule is N#CC(C#N)=C/C=C/C=C/C=C/C=C/C=C/C(N)=C/N=Cc1ccccc1O. The summed E-state index contributed by atoms with van der Waals surface area (Å²) < 4.78 is 0. The zero-order valence-corrected chi connectivity index (χ0v) is 15.2. The monoisotopic (exact) mass is 368 g/mol. The predicted octanol–water partition coefficient (Wildman–Crippen LogP) is 4.37. The largest absolute Gasteiger partial charge is 0.507 e. The lowest BCUT2D eigenvalue weighted by atomic mass is 10.2. The fraction of sp³-hybridized carbons (Fsp3) is 0. The molecule has 1 aromatic rings. The van der Waals surface area contributed by atoms with E-state index >= 15 is 0 Å². The highest BCUT2D eigenvalue weighted by Gasteiger charge is 1.93. The highest BCUT2D eigenvalue weighted by atomic mass is 16.3. The fourth-order valence-electron chi connectivity index (χ4n) is 1.71. The number of aliphatic imine (C=N–C) groups is 1. The quantitative estimate of drug-likeness (QED) is 0.404. The molecule has 138 valence electrons. The van der Waals surface area contributed by atoms with Crippen LogP contribution in [0.25, 0.3) is 0 Å². The second-order valence-electron chi connectivity index (χ2n) is 5.17. The van der Waals surface area contributed by atoms with Gasteiger partial charge in [0, 0.05) is 23.7 Å². The van der Waals surface area contributed by atoms with E-state index in [1.165, 1.54) is 18.5 Å². The molecule has 5 heteroatoms. The summed E-state index contributed by atoms with van der Waals surface area (Å²) >= 11 is 0. The van der Waals surface area contributed by atoms with Gasteiger partial charge in [-0.05, 0) is 24.3 Å². The molecule has 0 aliphatic carbocycles. The fourth-order valence-corrected chi connectivity index (χ4v) is 1.71. The van der Waals surface area contributed by atoms with Gasteiger partial charge in [-0.1, -0.05) is 66.8 Å². The van der Waals surface area contributed by atoms with Crippen LogP contribution in [0.2, 0.25) is 0 Å². The lowest BCUT2D eigenvalue weighted by molar-refractivity contribution is 0.474. The van der Waals surface area contributed by atoms with Crippen molar-refractivity contribution in [3.63, 3.8) is 0 Å². The van der Waals surface area contributed by atoms with Gasteiger partial charge in [-0.3, -0.25) is 4.99 Å². The first-order valence-corrected chi connectivity index (χ1v) is 8.29. The third-order valence-corrected chi connectivity index (χ3v) is 3.06. The van der Waals surface area contributed by atoms with Crippen LogP contribution in [-0.2, 0) is 0 Å². The molecule has 0 aliphatic heterocycles. The number of nitriles is 2. The number of phenolic OH excluding ortho intramolecular Hbond substituents is 1.